The maximum atomic E-state index is 12.4. The number of anilines is 1. The quantitative estimate of drug-likeness (QED) is 0.672. The minimum atomic E-state index is 0.0489. The first-order valence-corrected chi connectivity index (χ1v) is 7.45. The molecule has 0 aromatic heterocycles. The fourth-order valence-electron chi connectivity index (χ4n) is 1.97. The second-order valence-corrected chi connectivity index (χ2v) is 4.75. The zero-order chi connectivity index (χ0) is 15.5. The summed E-state index contributed by atoms with van der Waals surface area (Å²) >= 11 is 0. The number of amides is 1. The van der Waals surface area contributed by atoms with Crippen LogP contribution in [-0.4, -0.2) is 39.3 Å². The first kappa shape index (κ1) is 17.5. The first-order chi connectivity index (χ1) is 10.2. The van der Waals surface area contributed by atoms with Gasteiger partial charge >= 0.3 is 0 Å². The Kier molecular flexibility index (Phi) is 8.47. The predicted octanol–water partition coefficient (Wildman–Crippen LogP) is 2.19. The van der Waals surface area contributed by atoms with E-state index in [0.29, 0.717) is 32.7 Å². The van der Waals surface area contributed by atoms with Gasteiger partial charge in [0.05, 0.1) is 20.1 Å². The summed E-state index contributed by atoms with van der Waals surface area (Å²) in [6, 6.07) is 7.51. The van der Waals surface area contributed by atoms with Gasteiger partial charge in [-0.1, -0.05) is 13.0 Å². The summed E-state index contributed by atoms with van der Waals surface area (Å²) in [7, 11) is 1.61. The van der Waals surface area contributed by atoms with Crippen LogP contribution in [0, 0.1) is 0 Å². The standard InChI is InChI=1S/C16H26N2O3/c1-3-11-21-12-8-16(19)18(10-5-9-17)14-6-4-7-15(13-14)20-2/h4,6-7,13H,3,5,8-12,17H2,1-2H3. The Balaban J connectivity index is 2.71. The van der Waals surface area contributed by atoms with Gasteiger partial charge in [0.15, 0.2) is 0 Å². The molecule has 21 heavy (non-hydrogen) atoms. The molecule has 0 fully saturated rings. The van der Waals surface area contributed by atoms with Gasteiger partial charge < -0.3 is 20.1 Å². The van der Waals surface area contributed by atoms with Gasteiger partial charge in [-0.3, -0.25) is 4.79 Å². The van der Waals surface area contributed by atoms with Crippen molar-refractivity contribution in [2.45, 2.75) is 26.2 Å². The van der Waals surface area contributed by atoms with Crippen LogP contribution < -0.4 is 15.4 Å². The zero-order valence-corrected chi connectivity index (χ0v) is 13.0. The summed E-state index contributed by atoms with van der Waals surface area (Å²) in [6.45, 7) is 4.35. The molecule has 118 valence electrons. The smallest absolute Gasteiger partial charge is 0.229 e. The van der Waals surface area contributed by atoms with Gasteiger partial charge in [-0.15, -0.1) is 0 Å². The van der Waals surface area contributed by atoms with Gasteiger partial charge in [-0.25, -0.2) is 0 Å². The van der Waals surface area contributed by atoms with Crippen LogP contribution in [0.15, 0.2) is 24.3 Å². The van der Waals surface area contributed by atoms with Crippen LogP contribution in [0.5, 0.6) is 5.75 Å². The predicted molar refractivity (Wildman–Crippen MR) is 84.7 cm³/mol. The highest BCUT2D eigenvalue weighted by Crippen LogP contribution is 2.21. The fourth-order valence-corrected chi connectivity index (χ4v) is 1.97. The van der Waals surface area contributed by atoms with Crippen molar-refractivity contribution in [2.75, 3.05) is 38.3 Å². The van der Waals surface area contributed by atoms with Gasteiger partial charge in [-0.2, -0.15) is 0 Å². The molecule has 0 aliphatic carbocycles. The number of ether oxygens (including phenoxy) is 2. The van der Waals surface area contributed by atoms with E-state index in [-0.39, 0.29) is 5.91 Å². The van der Waals surface area contributed by atoms with Crippen molar-refractivity contribution in [1.82, 2.24) is 0 Å². The Morgan fingerprint density at radius 3 is 2.81 bits per heavy atom. The van der Waals surface area contributed by atoms with E-state index < -0.39 is 0 Å². The van der Waals surface area contributed by atoms with Crippen LogP contribution in [0.4, 0.5) is 5.69 Å². The number of nitrogens with zero attached hydrogens (tertiary/aromatic N) is 1. The maximum absolute atomic E-state index is 12.4. The summed E-state index contributed by atoms with van der Waals surface area (Å²) in [5, 5.41) is 0. The molecule has 0 saturated heterocycles. The molecule has 5 nitrogen and oxygen atoms in total. The van der Waals surface area contributed by atoms with E-state index in [4.69, 9.17) is 15.2 Å². The topological polar surface area (TPSA) is 64.8 Å². The first-order valence-electron chi connectivity index (χ1n) is 7.45. The number of methoxy groups -OCH3 is 1. The van der Waals surface area contributed by atoms with Crippen molar-refractivity contribution in [3.8, 4) is 5.75 Å². The van der Waals surface area contributed by atoms with Crippen LogP contribution in [0.1, 0.15) is 26.2 Å². The molecule has 0 radical (unpaired) electrons. The number of carbonyl (C=O) groups excluding carboxylic acids is 1. The highest BCUT2D eigenvalue weighted by Gasteiger charge is 2.15. The van der Waals surface area contributed by atoms with Gasteiger partial charge in [0.1, 0.15) is 5.75 Å². The third kappa shape index (κ3) is 6.14. The number of hydrogen-bond donors (Lipinski definition) is 1. The lowest BCUT2D eigenvalue weighted by atomic mass is 10.2. The number of nitrogens with two attached hydrogens (primary N) is 1. The average molecular weight is 294 g/mol. The monoisotopic (exact) mass is 294 g/mol. The van der Waals surface area contributed by atoms with E-state index in [1.165, 1.54) is 0 Å². The van der Waals surface area contributed by atoms with E-state index >= 15 is 0 Å². The van der Waals surface area contributed by atoms with E-state index in [9.17, 15) is 4.79 Å². The van der Waals surface area contributed by atoms with Crippen molar-refractivity contribution >= 4 is 11.6 Å². The summed E-state index contributed by atoms with van der Waals surface area (Å²) < 4.78 is 10.6. The lowest BCUT2D eigenvalue weighted by molar-refractivity contribution is -0.119. The third-order valence-corrected chi connectivity index (χ3v) is 3.06. The molecule has 0 spiro atoms. The third-order valence-electron chi connectivity index (χ3n) is 3.06. The molecule has 0 aliphatic heterocycles. The fraction of sp³-hybridized carbons (Fsp3) is 0.562. The Morgan fingerprint density at radius 2 is 2.14 bits per heavy atom. The number of benzene rings is 1. The summed E-state index contributed by atoms with van der Waals surface area (Å²) in [5.74, 6) is 0.785. The van der Waals surface area contributed by atoms with Crippen LogP contribution >= 0.6 is 0 Å². The highest BCUT2D eigenvalue weighted by atomic mass is 16.5. The Labute approximate surface area is 127 Å². The number of rotatable bonds is 10. The highest BCUT2D eigenvalue weighted by molar-refractivity contribution is 5.93. The number of hydrogen-bond acceptors (Lipinski definition) is 4. The molecule has 0 atom stereocenters. The van der Waals surface area contributed by atoms with Crippen molar-refractivity contribution < 1.29 is 14.3 Å². The van der Waals surface area contributed by atoms with Crippen molar-refractivity contribution in [3.05, 3.63) is 24.3 Å². The summed E-state index contributed by atoms with van der Waals surface area (Å²) in [4.78, 5) is 14.1. The minimum Gasteiger partial charge on any atom is -0.497 e. The van der Waals surface area contributed by atoms with Crippen molar-refractivity contribution in [3.63, 3.8) is 0 Å². The van der Waals surface area contributed by atoms with E-state index in [2.05, 4.69) is 0 Å². The summed E-state index contributed by atoms with van der Waals surface area (Å²) in [6.07, 6.45) is 2.10. The van der Waals surface area contributed by atoms with Crippen LogP contribution in [0.25, 0.3) is 0 Å². The molecular formula is C16H26N2O3. The molecule has 1 rings (SSSR count). The maximum Gasteiger partial charge on any atom is 0.229 e. The Morgan fingerprint density at radius 1 is 1.33 bits per heavy atom. The average Bonchev–Trinajstić information content (AvgIpc) is 2.52. The molecule has 1 aromatic carbocycles. The molecule has 5 heteroatoms. The molecule has 0 heterocycles. The molecule has 0 aliphatic rings. The SMILES string of the molecule is CCCOCCC(=O)N(CCCN)c1cccc(OC)c1. The van der Waals surface area contributed by atoms with E-state index in [1.807, 2.05) is 31.2 Å². The Bertz CT molecular complexity index is 424. The Hall–Kier alpha value is -1.59. The van der Waals surface area contributed by atoms with Crippen molar-refractivity contribution in [1.29, 1.82) is 0 Å². The molecule has 0 saturated carbocycles. The summed E-state index contributed by atoms with van der Waals surface area (Å²) in [5.41, 5.74) is 6.40. The second kappa shape index (κ2) is 10.2. The van der Waals surface area contributed by atoms with Crippen molar-refractivity contribution in [2.24, 2.45) is 5.73 Å². The molecule has 0 unspecified atom stereocenters. The largest absolute Gasteiger partial charge is 0.497 e. The molecule has 1 amide bonds. The minimum absolute atomic E-state index is 0.0489. The van der Waals surface area contributed by atoms with Gasteiger partial charge in [0, 0.05) is 24.9 Å². The lowest BCUT2D eigenvalue weighted by Crippen LogP contribution is -2.33. The normalized spacial score (nSPS) is 10.4. The van der Waals surface area contributed by atoms with Gasteiger partial charge in [0.2, 0.25) is 5.91 Å². The second-order valence-electron chi connectivity index (χ2n) is 4.75. The van der Waals surface area contributed by atoms with Crippen LogP contribution in [0.3, 0.4) is 0 Å². The van der Waals surface area contributed by atoms with Crippen LogP contribution in [0.2, 0.25) is 0 Å². The van der Waals surface area contributed by atoms with E-state index in [1.54, 1.807) is 12.0 Å². The lowest BCUT2D eigenvalue weighted by Gasteiger charge is -2.23. The number of carbonyl (C=O) groups is 1. The van der Waals surface area contributed by atoms with Gasteiger partial charge in [0.25, 0.3) is 0 Å². The molecular weight excluding hydrogens is 268 g/mol. The van der Waals surface area contributed by atoms with Crippen LogP contribution in [-0.2, 0) is 9.53 Å². The zero-order valence-electron chi connectivity index (χ0n) is 13.0. The molecule has 1 aromatic rings. The molecule has 0 bridgehead atoms. The van der Waals surface area contributed by atoms with E-state index in [0.717, 1.165) is 24.3 Å². The molecule has 2 N–H and O–H groups in total. The van der Waals surface area contributed by atoms with Gasteiger partial charge in [-0.05, 0) is 31.5 Å².